The second kappa shape index (κ2) is 9.07. The third-order valence-electron chi connectivity index (χ3n) is 7.24. The molecule has 1 saturated carbocycles. The highest BCUT2D eigenvalue weighted by molar-refractivity contribution is 5.78. The number of nitrogens with zero attached hydrogens (tertiary/aromatic N) is 3. The van der Waals surface area contributed by atoms with E-state index in [1.165, 1.54) is 43.5 Å². The number of hydrogen-bond donors (Lipinski definition) is 1. The van der Waals surface area contributed by atoms with Crippen molar-refractivity contribution in [2.75, 3.05) is 57.4 Å². The van der Waals surface area contributed by atoms with E-state index in [0.717, 1.165) is 31.5 Å². The number of rotatable bonds is 3. The zero-order chi connectivity index (χ0) is 21.2. The fourth-order valence-electron chi connectivity index (χ4n) is 5.27. The summed E-state index contributed by atoms with van der Waals surface area (Å²) in [6, 6.07) is 9.93. The van der Waals surface area contributed by atoms with Crippen molar-refractivity contribution in [3.8, 4) is 0 Å². The van der Waals surface area contributed by atoms with Crippen LogP contribution in [0.3, 0.4) is 0 Å². The molecule has 4 fully saturated rings. The van der Waals surface area contributed by atoms with Gasteiger partial charge >= 0.3 is 6.03 Å². The van der Waals surface area contributed by atoms with E-state index in [0.29, 0.717) is 32.2 Å². The largest absolute Gasteiger partial charge is 0.372 e. The summed E-state index contributed by atoms with van der Waals surface area (Å²) in [5.41, 5.74) is 2.69. The van der Waals surface area contributed by atoms with Crippen LogP contribution in [0.15, 0.2) is 24.3 Å². The van der Waals surface area contributed by atoms with Crippen LogP contribution < -0.4 is 10.2 Å². The third kappa shape index (κ3) is 4.66. The van der Waals surface area contributed by atoms with Gasteiger partial charge in [-0.25, -0.2) is 4.79 Å². The highest BCUT2D eigenvalue weighted by atomic mass is 16.5. The number of carbonyl (C=O) groups excluding carboxylic acids is 2. The minimum Gasteiger partial charge on any atom is -0.372 e. The molecule has 7 heteroatoms. The smallest absolute Gasteiger partial charge is 0.320 e. The first-order chi connectivity index (χ1) is 15.2. The zero-order valence-corrected chi connectivity index (χ0v) is 18.3. The number of ether oxygens (including phenoxy) is 1. The summed E-state index contributed by atoms with van der Waals surface area (Å²) in [7, 11) is 0. The van der Waals surface area contributed by atoms with Crippen LogP contribution in [0.4, 0.5) is 10.5 Å². The molecular weight excluding hydrogens is 392 g/mol. The van der Waals surface area contributed by atoms with Crippen LogP contribution in [-0.4, -0.2) is 80.3 Å². The number of urea groups is 1. The Hall–Kier alpha value is -2.28. The van der Waals surface area contributed by atoms with E-state index in [1.807, 2.05) is 9.80 Å². The summed E-state index contributed by atoms with van der Waals surface area (Å²) >= 11 is 0. The Kier molecular flexibility index (Phi) is 6.03. The van der Waals surface area contributed by atoms with Gasteiger partial charge in [0.15, 0.2) is 0 Å². The van der Waals surface area contributed by atoms with Crippen molar-refractivity contribution < 1.29 is 14.3 Å². The molecule has 0 spiro atoms. The van der Waals surface area contributed by atoms with Gasteiger partial charge in [-0.2, -0.15) is 0 Å². The molecule has 3 aliphatic heterocycles. The first kappa shape index (κ1) is 20.6. The second-order valence-corrected chi connectivity index (χ2v) is 9.46. The van der Waals surface area contributed by atoms with Crippen molar-refractivity contribution >= 4 is 17.6 Å². The molecule has 3 saturated heterocycles. The summed E-state index contributed by atoms with van der Waals surface area (Å²) in [6.45, 7) is 5.04. The lowest BCUT2D eigenvalue weighted by Gasteiger charge is -2.42. The van der Waals surface area contributed by atoms with Crippen LogP contribution in [0.5, 0.6) is 0 Å². The minimum absolute atomic E-state index is 0.0760. The Morgan fingerprint density at radius 2 is 1.77 bits per heavy atom. The average Bonchev–Trinajstić information content (AvgIpc) is 3.48. The van der Waals surface area contributed by atoms with Gasteiger partial charge in [0.25, 0.3) is 0 Å². The molecule has 31 heavy (non-hydrogen) atoms. The Morgan fingerprint density at radius 3 is 2.55 bits per heavy atom. The molecule has 1 unspecified atom stereocenters. The summed E-state index contributed by atoms with van der Waals surface area (Å²) in [4.78, 5) is 30.9. The third-order valence-corrected chi connectivity index (χ3v) is 7.24. The predicted octanol–water partition coefficient (Wildman–Crippen LogP) is 2.42. The minimum atomic E-state index is -0.112. The van der Waals surface area contributed by atoms with E-state index in [1.54, 1.807) is 0 Å². The topological polar surface area (TPSA) is 65.1 Å². The maximum Gasteiger partial charge on any atom is 0.320 e. The van der Waals surface area contributed by atoms with Crippen LogP contribution in [0.1, 0.15) is 43.6 Å². The molecular formula is C24H34N4O3. The van der Waals surface area contributed by atoms with Crippen LogP contribution >= 0.6 is 0 Å². The number of hydrogen-bond acceptors (Lipinski definition) is 4. The van der Waals surface area contributed by atoms with Crippen molar-refractivity contribution in [1.82, 2.24) is 15.1 Å². The Bertz CT molecular complexity index is 789. The maximum absolute atomic E-state index is 12.9. The fourth-order valence-corrected chi connectivity index (χ4v) is 5.27. The van der Waals surface area contributed by atoms with Crippen molar-refractivity contribution in [3.05, 3.63) is 29.8 Å². The highest BCUT2D eigenvalue weighted by Crippen LogP contribution is 2.42. The van der Waals surface area contributed by atoms with E-state index in [4.69, 9.17) is 4.74 Å². The number of nitrogens with one attached hydrogen (secondary N) is 1. The van der Waals surface area contributed by atoms with E-state index in [2.05, 4.69) is 34.5 Å². The van der Waals surface area contributed by atoms with E-state index < -0.39 is 0 Å². The average molecular weight is 427 g/mol. The number of carbonyl (C=O) groups is 2. The van der Waals surface area contributed by atoms with Crippen molar-refractivity contribution in [2.45, 2.75) is 44.1 Å². The van der Waals surface area contributed by atoms with E-state index in [-0.39, 0.29) is 18.5 Å². The van der Waals surface area contributed by atoms with E-state index >= 15 is 0 Å². The molecule has 1 atom stereocenters. The predicted molar refractivity (Wildman–Crippen MR) is 119 cm³/mol. The molecule has 7 nitrogen and oxygen atoms in total. The molecule has 3 heterocycles. The van der Waals surface area contributed by atoms with Crippen molar-refractivity contribution in [2.24, 2.45) is 5.92 Å². The summed E-state index contributed by atoms with van der Waals surface area (Å²) < 4.78 is 5.33. The zero-order valence-electron chi connectivity index (χ0n) is 18.3. The quantitative estimate of drug-likeness (QED) is 0.806. The Morgan fingerprint density at radius 1 is 0.968 bits per heavy atom. The first-order valence-electron chi connectivity index (χ1n) is 11.9. The van der Waals surface area contributed by atoms with Crippen LogP contribution in [0.2, 0.25) is 0 Å². The number of likely N-dealkylation sites (tertiary alicyclic amines) is 1. The van der Waals surface area contributed by atoms with Gasteiger partial charge in [0.05, 0.1) is 0 Å². The molecule has 1 aromatic carbocycles. The summed E-state index contributed by atoms with van der Waals surface area (Å²) in [5, 5.41) is 2.81. The van der Waals surface area contributed by atoms with Gasteiger partial charge in [-0.05, 0) is 55.7 Å². The lowest BCUT2D eigenvalue weighted by molar-refractivity contribution is -0.126. The molecule has 3 amide bonds. The highest BCUT2D eigenvalue weighted by Gasteiger charge is 2.38. The first-order valence-corrected chi connectivity index (χ1v) is 11.9. The van der Waals surface area contributed by atoms with Gasteiger partial charge in [-0.1, -0.05) is 12.1 Å². The number of amides is 3. The normalized spacial score (nSPS) is 25.9. The van der Waals surface area contributed by atoms with Crippen molar-refractivity contribution in [3.63, 3.8) is 0 Å². The van der Waals surface area contributed by atoms with E-state index in [9.17, 15) is 9.59 Å². The molecule has 0 bridgehead atoms. The molecule has 5 rings (SSSR count). The van der Waals surface area contributed by atoms with Gasteiger partial charge in [-0.15, -0.1) is 0 Å². The summed E-state index contributed by atoms with van der Waals surface area (Å²) in [5.74, 6) is 1.23. The van der Waals surface area contributed by atoms with Crippen LogP contribution in [-0.2, 0) is 9.53 Å². The van der Waals surface area contributed by atoms with Crippen LogP contribution in [0, 0.1) is 5.92 Å². The lowest BCUT2D eigenvalue weighted by Crippen LogP contribution is -2.55. The van der Waals surface area contributed by atoms with Gasteiger partial charge in [0, 0.05) is 63.5 Å². The Balaban J connectivity index is 1.14. The molecule has 4 aliphatic rings. The molecule has 168 valence electrons. The second-order valence-electron chi connectivity index (χ2n) is 9.46. The number of anilines is 1. The van der Waals surface area contributed by atoms with Gasteiger partial charge in [0.2, 0.25) is 5.91 Å². The summed E-state index contributed by atoms with van der Waals surface area (Å²) in [6.07, 6.45) is 6.23. The lowest BCUT2D eigenvalue weighted by atomic mass is 9.91. The molecule has 1 aromatic rings. The van der Waals surface area contributed by atoms with Gasteiger partial charge in [-0.3, -0.25) is 4.79 Å². The number of benzene rings is 1. The van der Waals surface area contributed by atoms with Crippen molar-refractivity contribution in [1.29, 1.82) is 0 Å². The standard InChI is InChI=1S/C24H34N4O3/c29-23-17-31-14-2-11-26(13-10-25-23)24(30)27-15-20(16-27)18-6-8-21(9-7-18)28-12-1-3-22(28)19-4-5-19/h6-9,19-20,22H,1-5,10-17H2,(H,25,29). The SMILES string of the molecule is O=C1COCCCN(C(=O)N2CC(c3ccc(N4CCCC4C4CC4)cc3)C2)CCN1. The maximum atomic E-state index is 12.9. The van der Waals surface area contributed by atoms with Crippen LogP contribution in [0.25, 0.3) is 0 Å². The molecule has 0 radical (unpaired) electrons. The Labute approximate surface area is 184 Å². The monoisotopic (exact) mass is 426 g/mol. The molecule has 1 N–H and O–H groups in total. The van der Waals surface area contributed by atoms with Gasteiger partial charge < -0.3 is 24.8 Å². The molecule has 0 aromatic heterocycles. The molecule has 1 aliphatic carbocycles. The fraction of sp³-hybridized carbons (Fsp3) is 0.667. The van der Waals surface area contributed by atoms with Gasteiger partial charge in [0.1, 0.15) is 6.61 Å².